The Morgan fingerprint density at radius 1 is 1.11 bits per heavy atom. The highest BCUT2D eigenvalue weighted by molar-refractivity contribution is 9.10. The van der Waals surface area contributed by atoms with Crippen LogP contribution in [0.2, 0.25) is 10.0 Å². The Balaban J connectivity index is 2.02. The van der Waals surface area contributed by atoms with Crippen LogP contribution in [0.3, 0.4) is 0 Å². The lowest BCUT2D eigenvalue weighted by Crippen LogP contribution is -2.12. The predicted molar refractivity (Wildman–Crippen MR) is 84.1 cm³/mol. The number of hydrogen-bond acceptors (Lipinski definition) is 2. The molecule has 5 heteroatoms. The monoisotopic (exact) mass is 359 g/mol. The van der Waals surface area contributed by atoms with Crippen molar-refractivity contribution in [1.82, 2.24) is 0 Å². The van der Waals surface area contributed by atoms with E-state index in [0.29, 0.717) is 16.6 Å². The molecule has 2 N–H and O–H groups in total. The number of rotatable bonds is 4. The smallest absolute Gasteiger partial charge is 0.0962 e. The van der Waals surface area contributed by atoms with Crippen LogP contribution in [0.4, 0.5) is 5.69 Å². The summed E-state index contributed by atoms with van der Waals surface area (Å²) in [6.45, 7) is 0.382. The first kappa shape index (κ1) is 14.7. The number of halogens is 3. The Labute approximate surface area is 130 Å². The number of nitrogens with one attached hydrogen (secondary N) is 1. The third-order valence-corrected chi connectivity index (χ3v) is 3.53. The Morgan fingerprint density at radius 3 is 2.42 bits per heavy atom. The van der Waals surface area contributed by atoms with Crippen molar-refractivity contribution in [2.24, 2.45) is 0 Å². The topological polar surface area (TPSA) is 32.3 Å². The highest BCUT2D eigenvalue weighted by Gasteiger charge is 2.08. The molecule has 0 amide bonds. The van der Waals surface area contributed by atoms with Crippen molar-refractivity contribution < 1.29 is 5.11 Å². The fraction of sp³-hybridized carbons (Fsp3) is 0.143. The van der Waals surface area contributed by atoms with Crippen LogP contribution in [-0.2, 0) is 0 Å². The van der Waals surface area contributed by atoms with Crippen LogP contribution in [0.5, 0.6) is 0 Å². The molecular formula is C14H12BrCl2NO. The van der Waals surface area contributed by atoms with Crippen molar-refractivity contribution in [3.63, 3.8) is 0 Å². The van der Waals surface area contributed by atoms with E-state index in [1.54, 1.807) is 18.2 Å². The van der Waals surface area contributed by atoms with Crippen LogP contribution in [-0.4, -0.2) is 11.7 Å². The Kier molecular flexibility index (Phi) is 5.11. The SMILES string of the molecule is OC(CNc1cc(Cl)cc(Cl)c1)c1cccc(Br)c1. The van der Waals surface area contributed by atoms with Crippen LogP contribution in [0.25, 0.3) is 0 Å². The van der Waals surface area contributed by atoms with E-state index in [1.807, 2.05) is 24.3 Å². The van der Waals surface area contributed by atoms with E-state index >= 15 is 0 Å². The van der Waals surface area contributed by atoms with Crippen LogP contribution in [0.1, 0.15) is 11.7 Å². The molecule has 0 radical (unpaired) electrons. The summed E-state index contributed by atoms with van der Waals surface area (Å²) in [5, 5.41) is 14.3. The van der Waals surface area contributed by atoms with E-state index in [9.17, 15) is 5.11 Å². The molecule has 2 aromatic carbocycles. The highest BCUT2D eigenvalue weighted by atomic mass is 79.9. The fourth-order valence-electron chi connectivity index (χ4n) is 1.70. The van der Waals surface area contributed by atoms with E-state index in [0.717, 1.165) is 15.7 Å². The van der Waals surface area contributed by atoms with Crippen LogP contribution >= 0.6 is 39.1 Å². The second kappa shape index (κ2) is 6.62. The van der Waals surface area contributed by atoms with Crippen molar-refractivity contribution >= 4 is 44.8 Å². The molecule has 2 aromatic rings. The molecule has 0 spiro atoms. The number of hydrogen-bond donors (Lipinski definition) is 2. The molecule has 2 nitrogen and oxygen atoms in total. The van der Waals surface area contributed by atoms with Crippen molar-refractivity contribution in [2.45, 2.75) is 6.10 Å². The first-order valence-corrected chi connectivity index (χ1v) is 7.23. The normalized spacial score (nSPS) is 12.2. The minimum Gasteiger partial charge on any atom is -0.387 e. The molecule has 0 aliphatic carbocycles. The van der Waals surface area contributed by atoms with Crippen LogP contribution < -0.4 is 5.32 Å². The van der Waals surface area contributed by atoms with Gasteiger partial charge in [-0.25, -0.2) is 0 Å². The van der Waals surface area contributed by atoms with Crippen LogP contribution in [0, 0.1) is 0 Å². The zero-order chi connectivity index (χ0) is 13.8. The third kappa shape index (κ3) is 4.39. The summed E-state index contributed by atoms with van der Waals surface area (Å²) in [5.41, 5.74) is 1.63. The van der Waals surface area contributed by atoms with E-state index in [4.69, 9.17) is 23.2 Å². The average molecular weight is 361 g/mol. The van der Waals surface area contributed by atoms with Gasteiger partial charge in [0, 0.05) is 26.8 Å². The number of aliphatic hydroxyl groups is 1. The molecule has 0 aliphatic heterocycles. The summed E-state index contributed by atoms with van der Waals surface area (Å²) in [6, 6.07) is 12.8. The molecular weight excluding hydrogens is 349 g/mol. The summed E-state index contributed by atoms with van der Waals surface area (Å²) in [4.78, 5) is 0. The van der Waals surface area contributed by atoms with Gasteiger partial charge in [0.05, 0.1) is 6.10 Å². The summed E-state index contributed by atoms with van der Waals surface area (Å²) >= 11 is 15.2. The van der Waals surface area contributed by atoms with Gasteiger partial charge >= 0.3 is 0 Å². The van der Waals surface area contributed by atoms with E-state index in [-0.39, 0.29) is 0 Å². The Bertz CT molecular complexity index is 557. The lowest BCUT2D eigenvalue weighted by molar-refractivity contribution is 0.191. The average Bonchev–Trinajstić information content (AvgIpc) is 2.35. The lowest BCUT2D eigenvalue weighted by Gasteiger charge is -2.14. The number of benzene rings is 2. The van der Waals surface area contributed by atoms with Gasteiger partial charge < -0.3 is 10.4 Å². The predicted octanol–water partition coefficient (Wildman–Crippen LogP) is 4.90. The van der Waals surface area contributed by atoms with Crippen LogP contribution in [0.15, 0.2) is 46.9 Å². The second-order valence-electron chi connectivity index (χ2n) is 4.11. The summed E-state index contributed by atoms with van der Waals surface area (Å²) in [6.07, 6.45) is -0.602. The largest absolute Gasteiger partial charge is 0.387 e. The van der Waals surface area contributed by atoms with E-state index < -0.39 is 6.10 Å². The Morgan fingerprint density at radius 2 is 1.79 bits per heavy atom. The van der Waals surface area contributed by atoms with Gasteiger partial charge in [0.25, 0.3) is 0 Å². The molecule has 0 saturated heterocycles. The number of aliphatic hydroxyl groups excluding tert-OH is 1. The van der Waals surface area contributed by atoms with Crippen molar-refractivity contribution in [1.29, 1.82) is 0 Å². The lowest BCUT2D eigenvalue weighted by atomic mass is 10.1. The van der Waals surface area contributed by atoms with Gasteiger partial charge in [-0.15, -0.1) is 0 Å². The van der Waals surface area contributed by atoms with Gasteiger partial charge in [0.1, 0.15) is 0 Å². The van der Waals surface area contributed by atoms with Gasteiger partial charge in [-0.3, -0.25) is 0 Å². The zero-order valence-electron chi connectivity index (χ0n) is 9.91. The molecule has 1 unspecified atom stereocenters. The molecule has 0 saturated carbocycles. The Hall–Kier alpha value is -0.740. The van der Waals surface area contributed by atoms with E-state index in [1.165, 1.54) is 0 Å². The van der Waals surface area contributed by atoms with Crippen molar-refractivity contribution in [2.75, 3.05) is 11.9 Å². The van der Waals surface area contributed by atoms with Gasteiger partial charge in [-0.2, -0.15) is 0 Å². The van der Waals surface area contributed by atoms with Gasteiger partial charge in [0.2, 0.25) is 0 Å². The maximum atomic E-state index is 10.1. The zero-order valence-corrected chi connectivity index (χ0v) is 13.0. The maximum absolute atomic E-state index is 10.1. The van der Waals surface area contributed by atoms with Gasteiger partial charge in [-0.05, 0) is 35.9 Å². The highest BCUT2D eigenvalue weighted by Crippen LogP contribution is 2.24. The molecule has 0 aromatic heterocycles. The van der Waals surface area contributed by atoms with Crippen molar-refractivity contribution in [3.05, 3.63) is 62.5 Å². The third-order valence-electron chi connectivity index (χ3n) is 2.60. The minimum absolute atomic E-state index is 0.382. The first-order chi connectivity index (χ1) is 9.04. The fourth-order valence-corrected chi connectivity index (χ4v) is 2.65. The molecule has 1 atom stereocenters. The first-order valence-electron chi connectivity index (χ1n) is 5.68. The van der Waals surface area contributed by atoms with E-state index in [2.05, 4.69) is 21.2 Å². The molecule has 0 bridgehead atoms. The molecule has 0 heterocycles. The van der Waals surface area contributed by atoms with Gasteiger partial charge in [0.15, 0.2) is 0 Å². The molecule has 19 heavy (non-hydrogen) atoms. The van der Waals surface area contributed by atoms with Gasteiger partial charge in [-0.1, -0.05) is 51.3 Å². The summed E-state index contributed by atoms with van der Waals surface area (Å²) in [7, 11) is 0. The molecule has 2 rings (SSSR count). The maximum Gasteiger partial charge on any atom is 0.0962 e. The minimum atomic E-state index is -0.602. The molecule has 0 aliphatic rings. The quantitative estimate of drug-likeness (QED) is 0.812. The second-order valence-corrected chi connectivity index (χ2v) is 5.90. The molecule has 100 valence electrons. The number of anilines is 1. The standard InChI is InChI=1S/C14H12BrCl2NO/c15-10-3-1-2-9(4-10)14(19)8-18-13-6-11(16)5-12(17)7-13/h1-7,14,18-19H,8H2. The summed E-state index contributed by atoms with van der Waals surface area (Å²) < 4.78 is 0.940. The van der Waals surface area contributed by atoms with Crippen molar-refractivity contribution in [3.8, 4) is 0 Å². The molecule has 0 fully saturated rings. The summed E-state index contributed by atoms with van der Waals surface area (Å²) in [5.74, 6) is 0.